The summed E-state index contributed by atoms with van der Waals surface area (Å²) in [6.45, 7) is 0.446. The fraction of sp³-hybridized carbons (Fsp3) is 0.667. The van der Waals surface area contributed by atoms with Gasteiger partial charge in [0.15, 0.2) is 6.04 Å². The van der Waals surface area contributed by atoms with Gasteiger partial charge in [0.1, 0.15) is 17.8 Å². The Balaban J connectivity index is 2.02. The fourth-order valence-corrected chi connectivity index (χ4v) is 3.60. The Hall–Kier alpha value is -1.93. The number of hydrogen-bond donors (Lipinski definition) is 1. The topological polar surface area (TPSA) is 100 Å². The van der Waals surface area contributed by atoms with Crippen LogP contribution in [-0.4, -0.2) is 62.5 Å². The van der Waals surface area contributed by atoms with Crippen molar-refractivity contribution in [2.24, 2.45) is 5.92 Å². The molecule has 3 aliphatic rings. The van der Waals surface area contributed by atoms with Crippen molar-refractivity contribution in [1.29, 1.82) is 0 Å². The molecule has 0 saturated carbocycles. The van der Waals surface area contributed by atoms with Gasteiger partial charge in [-0.1, -0.05) is 12.2 Å². The van der Waals surface area contributed by atoms with Crippen LogP contribution < -0.4 is 5.32 Å². The van der Waals surface area contributed by atoms with Crippen LogP contribution in [0.25, 0.3) is 0 Å². The maximum absolute atomic E-state index is 12.5. The van der Waals surface area contributed by atoms with E-state index in [1.807, 2.05) is 12.2 Å². The summed E-state index contributed by atoms with van der Waals surface area (Å²) in [4.78, 5) is 36.5. The van der Waals surface area contributed by atoms with Crippen molar-refractivity contribution >= 4 is 17.8 Å². The highest BCUT2D eigenvalue weighted by Gasteiger charge is 2.69. The quantitative estimate of drug-likeness (QED) is 0.542. The van der Waals surface area contributed by atoms with Crippen molar-refractivity contribution < 1.29 is 33.3 Å². The van der Waals surface area contributed by atoms with Gasteiger partial charge in [-0.15, -0.1) is 0 Å². The first-order chi connectivity index (χ1) is 11.0. The molecule has 8 heteroatoms. The summed E-state index contributed by atoms with van der Waals surface area (Å²) in [5, 5.41) is 2.58. The summed E-state index contributed by atoms with van der Waals surface area (Å²) in [5.41, 5.74) is -1.37. The Labute approximate surface area is 133 Å². The van der Waals surface area contributed by atoms with E-state index in [-0.39, 0.29) is 12.3 Å². The minimum Gasteiger partial charge on any atom is -0.469 e. The monoisotopic (exact) mass is 325 g/mol. The maximum atomic E-state index is 12.5. The van der Waals surface area contributed by atoms with Crippen LogP contribution >= 0.6 is 0 Å². The highest BCUT2D eigenvalue weighted by atomic mass is 16.6. The van der Waals surface area contributed by atoms with Gasteiger partial charge < -0.3 is 24.3 Å². The van der Waals surface area contributed by atoms with Crippen molar-refractivity contribution in [3.05, 3.63) is 12.2 Å². The molecule has 0 radical (unpaired) electrons. The molecule has 2 fully saturated rings. The van der Waals surface area contributed by atoms with Crippen molar-refractivity contribution in [1.82, 2.24) is 5.32 Å². The lowest BCUT2D eigenvalue weighted by Gasteiger charge is -2.30. The van der Waals surface area contributed by atoms with E-state index in [2.05, 4.69) is 5.32 Å². The Kier molecular flexibility index (Phi) is 4.11. The summed E-state index contributed by atoms with van der Waals surface area (Å²) in [7, 11) is 2.46. The van der Waals surface area contributed by atoms with Crippen LogP contribution in [0.4, 0.5) is 0 Å². The minimum atomic E-state index is -1.37. The largest absolute Gasteiger partial charge is 0.469 e. The summed E-state index contributed by atoms with van der Waals surface area (Å²) in [5.74, 6) is -2.39. The average molecular weight is 325 g/mol. The molecule has 0 bridgehead atoms. The third-order valence-electron chi connectivity index (χ3n) is 4.60. The van der Waals surface area contributed by atoms with E-state index in [1.54, 1.807) is 0 Å². The van der Waals surface area contributed by atoms with E-state index in [4.69, 9.17) is 18.9 Å². The van der Waals surface area contributed by atoms with E-state index in [9.17, 15) is 14.4 Å². The molecule has 3 aliphatic heterocycles. The van der Waals surface area contributed by atoms with Crippen molar-refractivity contribution in [3.8, 4) is 0 Å². The standard InChI is InChI=1S/C15H19NO7/c1-20-9(17)7-15-10(13(18)16-12(15)14(19)21-2)11-8(23-15)5-3-4-6-22-11/h3,5,8,10-12H,4,6-7H2,1-2H3,(H,16,18)/t8-,10+,11+,12-,15+/m1/s1. The van der Waals surface area contributed by atoms with Gasteiger partial charge in [0.05, 0.1) is 33.2 Å². The molecule has 0 aromatic rings. The van der Waals surface area contributed by atoms with Crippen LogP contribution in [0.5, 0.6) is 0 Å². The van der Waals surface area contributed by atoms with Gasteiger partial charge in [-0.3, -0.25) is 9.59 Å². The number of esters is 2. The SMILES string of the molecule is COC(=O)C[C@]12O[C@@H]3C=CCCO[C@@H]3[C@H]1C(=O)N[C@@H]2C(=O)OC. The molecule has 0 unspecified atom stereocenters. The smallest absolute Gasteiger partial charge is 0.331 e. The van der Waals surface area contributed by atoms with Crippen LogP contribution in [0, 0.1) is 5.92 Å². The van der Waals surface area contributed by atoms with Gasteiger partial charge in [0, 0.05) is 0 Å². The molecule has 1 amide bonds. The summed E-state index contributed by atoms with van der Waals surface area (Å²) in [6.07, 6.45) is 3.16. The molecule has 126 valence electrons. The minimum absolute atomic E-state index is 0.239. The second-order valence-electron chi connectivity index (χ2n) is 5.78. The molecule has 0 aromatic carbocycles. The molecular weight excluding hydrogens is 306 g/mol. The van der Waals surface area contributed by atoms with Crippen molar-refractivity contribution in [2.45, 2.75) is 36.7 Å². The van der Waals surface area contributed by atoms with Crippen molar-refractivity contribution in [2.75, 3.05) is 20.8 Å². The normalized spacial score (nSPS) is 38.3. The predicted molar refractivity (Wildman–Crippen MR) is 75.2 cm³/mol. The second-order valence-corrected chi connectivity index (χ2v) is 5.78. The molecule has 1 N–H and O–H groups in total. The van der Waals surface area contributed by atoms with Gasteiger partial charge >= 0.3 is 11.9 Å². The number of fused-ring (bicyclic) bond motifs is 3. The predicted octanol–water partition coefficient (Wildman–Crippen LogP) is -0.680. The average Bonchev–Trinajstić information content (AvgIpc) is 2.87. The summed E-state index contributed by atoms with van der Waals surface area (Å²) in [6, 6.07) is -1.08. The lowest BCUT2D eigenvalue weighted by molar-refractivity contribution is -0.159. The van der Waals surface area contributed by atoms with Crippen LogP contribution in [-0.2, 0) is 33.3 Å². The zero-order valence-electron chi connectivity index (χ0n) is 12.9. The molecule has 23 heavy (non-hydrogen) atoms. The molecular formula is C15H19NO7. The van der Waals surface area contributed by atoms with Crippen LogP contribution in [0.3, 0.4) is 0 Å². The molecule has 3 rings (SSSR count). The Morgan fingerprint density at radius 2 is 2.17 bits per heavy atom. The highest BCUT2D eigenvalue weighted by Crippen LogP contribution is 2.48. The highest BCUT2D eigenvalue weighted by molar-refractivity contribution is 5.94. The van der Waals surface area contributed by atoms with Gasteiger partial charge in [-0.25, -0.2) is 4.79 Å². The summed E-state index contributed by atoms with van der Waals surface area (Å²) >= 11 is 0. The first kappa shape index (κ1) is 15.9. The van der Waals surface area contributed by atoms with Crippen molar-refractivity contribution in [3.63, 3.8) is 0 Å². The molecule has 0 aromatic heterocycles. The van der Waals surface area contributed by atoms with Gasteiger partial charge in [0.2, 0.25) is 5.91 Å². The first-order valence-electron chi connectivity index (χ1n) is 7.44. The third-order valence-corrected chi connectivity index (χ3v) is 4.60. The Morgan fingerprint density at radius 1 is 1.39 bits per heavy atom. The zero-order valence-corrected chi connectivity index (χ0v) is 12.9. The van der Waals surface area contributed by atoms with Gasteiger partial charge in [0.25, 0.3) is 0 Å². The number of carbonyl (C=O) groups is 3. The number of hydrogen-bond acceptors (Lipinski definition) is 7. The van der Waals surface area contributed by atoms with Crippen LogP contribution in [0.1, 0.15) is 12.8 Å². The number of rotatable bonds is 3. The molecule has 5 atom stereocenters. The maximum Gasteiger partial charge on any atom is 0.331 e. The number of nitrogens with one attached hydrogen (secondary N) is 1. The molecule has 3 heterocycles. The third kappa shape index (κ3) is 2.42. The number of amides is 1. The molecule has 2 saturated heterocycles. The molecule has 8 nitrogen and oxygen atoms in total. The molecule has 0 aliphatic carbocycles. The van der Waals surface area contributed by atoms with E-state index >= 15 is 0 Å². The number of methoxy groups -OCH3 is 2. The van der Waals surface area contributed by atoms with E-state index in [1.165, 1.54) is 14.2 Å². The number of ether oxygens (including phenoxy) is 4. The second kappa shape index (κ2) is 5.93. The Bertz CT molecular complexity index is 560. The van der Waals surface area contributed by atoms with Crippen LogP contribution in [0.2, 0.25) is 0 Å². The van der Waals surface area contributed by atoms with E-state index < -0.39 is 41.7 Å². The zero-order chi connectivity index (χ0) is 16.6. The van der Waals surface area contributed by atoms with E-state index in [0.29, 0.717) is 6.61 Å². The summed E-state index contributed by atoms with van der Waals surface area (Å²) < 4.78 is 21.3. The first-order valence-corrected chi connectivity index (χ1v) is 7.44. The Morgan fingerprint density at radius 3 is 2.87 bits per heavy atom. The lowest BCUT2D eigenvalue weighted by atomic mass is 9.80. The number of carbonyl (C=O) groups excluding carboxylic acids is 3. The molecule has 0 spiro atoms. The van der Waals surface area contributed by atoms with Gasteiger partial charge in [-0.2, -0.15) is 0 Å². The van der Waals surface area contributed by atoms with Crippen LogP contribution in [0.15, 0.2) is 12.2 Å². The lowest BCUT2D eigenvalue weighted by Crippen LogP contribution is -2.52. The van der Waals surface area contributed by atoms with Gasteiger partial charge in [-0.05, 0) is 6.42 Å². The fourth-order valence-electron chi connectivity index (χ4n) is 3.60. The van der Waals surface area contributed by atoms with E-state index in [0.717, 1.165) is 6.42 Å².